The summed E-state index contributed by atoms with van der Waals surface area (Å²) in [6.45, 7) is 2.40. The van der Waals surface area contributed by atoms with Crippen LogP contribution in [0.2, 0.25) is 0 Å². The maximum Gasteiger partial charge on any atom is 0.251 e. The minimum absolute atomic E-state index is 0.147. The molecule has 1 N–H and O–H groups in total. The van der Waals surface area contributed by atoms with Crippen molar-refractivity contribution in [3.63, 3.8) is 0 Å². The Kier molecular flexibility index (Phi) is 6.98. The van der Waals surface area contributed by atoms with Crippen LogP contribution in [0.15, 0.2) is 29.2 Å². The number of hydrogen-bond donors (Lipinski definition) is 1. The zero-order valence-electron chi connectivity index (χ0n) is 16.7. The highest BCUT2D eigenvalue weighted by atomic mass is 32.2. The summed E-state index contributed by atoms with van der Waals surface area (Å²) in [7, 11) is -6.75. The Balaban J connectivity index is 1.59. The molecule has 0 unspecified atom stereocenters. The van der Waals surface area contributed by atoms with E-state index in [0.29, 0.717) is 51.1 Å². The summed E-state index contributed by atoms with van der Waals surface area (Å²) in [6.07, 6.45) is 5.35. The third-order valence-corrected chi connectivity index (χ3v) is 8.84. The number of amides is 1. The lowest BCUT2D eigenvalue weighted by Crippen LogP contribution is -2.41. The van der Waals surface area contributed by atoms with Gasteiger partial charge in [-0.1, -0.05) is 12.5 Å². The summed E-state index contributed by atoms with van der Waals surface area (Å²) in [5.74, 6) is -0.108. The lowest BCUT2D eigenvalue weighted by molar-refractivity contribution is 0.0941. The first-order valence-electron chi connectivity index (χ1n) is 10.0. The Morgan fingerprint density at radius 2 is 1.66 bits per heavy atom. The number of carbonyl (C=O) groups excluding carboxylic acids is 1. The Hall–Kier alpha value is -1.49. The van der Waals surface area contributed by atoms with E-state index in [1.807, 2.05) is 0 Å². The van der Waals surface area contributed by atoms with E-state index < -0.39 is 20.0 Å². The molecule has 0 atom stereocenters. The zero-order valence-corrected chi connectivity index (χ0v) is 18.3. The van der Waals surface area contributed by atoms with Crippen LogP contribution in [0.4, 0.5) is 0 Å². The van der Waals surface area contributed by atoms with E-state index in [2.05, 4.69) is 5.32 Å². The summed E-state index contributed by atoms with van der Waals surface area (Å²) in [5, 5.41) is 2.87. The van der Waals surface area contributed by atoms with E-state index in [4.69, 9.17) is 0 Å². The fourth-order valence-electron chi connectivity index (χ4n) is 3.84. The van der Waals surface area contributed by atoms with Gasteiger partial charge in [-0.15, -0.1) is 0 Å². The van der Waals surface area contributed by atoms with Gasteiger partial charge in [0.15, 0.2) is 0 Å². The van der Waals surface area contributed by atoms with Crippen molar-refractivity contribution in [3.05, 3.63) is 29.8 Å². The smallest absolute Gasteiger partial charge is 0.251 e. The topological polar surface area (TPSA) is 104 Å². The molecule has 162 valence electrons. The van der Waals surface area contributed by atoms with Gasteiger partial charge in [0.25, 0.3) is 5.91 Å². The molecular formula is C19H29N3O5S2. The second-order valence-corrected chi connectivity index (χ2v) is 11.7. The molecule has 2 heterocycles. The van der Waals surface area contributed by atoms with E-state index in [1.54, 1.807) is 12.1 Å². The molecule has 0 bridgehead atoms. The molecular weight excluding hydrogens is 414 g/mol. The van der Waals surface area contributed by atoms with Crippen LogP contribution in [0.1, 0.15) is 42.5 Å². The number of sulfonamides is 2. The van der Waals surface area contributed by atoms with Crippen LogP contribution in [0, 0.1) is 5.92 Å². The normalized spacial score (nSPS) is 20.4. The lowest BCUT2D eigenvalue weighted by atomic mass is 9.98. The maximum atomic E-state index is 12.8. The van der Waals surface area contributed by atoms with Crippen molar-refractivity contribution >= 4 is 26.0 Å². The van der Waals surface area contributed by atoms with Gasteiger partial charge in [0.2, 0.25) is 20.0 Å². The molecule has 2 saturated heterocycles. The molecule has 3 rings (SSSR count). The van der Waals surface area contributed by atoms with Crippen LogP contribution >= 0.6 is 0 Å². The standard InChI is InChI=1S/C19H29N3O5S2/c1-28(24,25)21-12-8-16(9-13-21)15-20-19(23)17-6-5-7-18(14-17)29(26,27)22-10-3-2-4-11-22/h5-7,14,16H,2-4,8-13,15H2,1H3,(H,20,23). The number of benzene rings is 1. The average molecular weight is 444 g/mol. The van der Waals surface area contributed by atoms with Crippen molar-refractivity contribution in [2.24, 2.45) is 5.92 Å². The van der Waals surface area contributed by atoms with Crippen LogP contribution < -0.4 is 5.32 Å². The third-order valence-electron chi connectivity index (χ3n) is 5.64. The van der Waals surface area contributed by atoms with Crippen molar-refractivity contribution in [3.8, 4) is 0 Å². The highest BCUT2D eigenvalue weighted by molar-refractivity contribution is 7.89. The Morgan fingerprint density at radius 3 is 2.28 bits per heavy atom. The molecule has 2 aliphatic heterocycles. The summed E-state index contributed by atoms with van der Waals surface area (Å²) in [5.41, 5.74) is 0.316. The summed E-state index contributed by atoms with van der Waals surface area (Å²) < 4.78 is 51.7. The molecule has 8 nitrogen and oxygen atoms in total. The van der Waals surface area contributed by atoms with Crippen molar-refractivity contribution in [1.29, 1.82) is 0 Å². The van der Waals surface area contributed by atoms with Gasteiger partial charge in [-0.2, -0.15) is 4.31 Å². The van der Waals surface area contributed by atoms with Gasteiger partial charge in [-0.05, 0) is 49.8 Å². The summed E-state index contributed by atoms with van der Waals surface area (Å²) in [4.78, 5) is 12.7. The van der Waals surface area contributed by atoms with Crippen LogP contribution in [0.5, 0.6) is 0 Å². The van der Waals surface area contributed by atoms with Crippen molar-refractivity contribution in [2.75, 3.05) is 39.0 Å². The molecule has 2 aliphatic rings. The number of rotatable bonds is 6. The van der Waals surface area contributed by atoms with Crippen molar-refractivity contribution in [1.82, 2.24) is 13.9 Å². The molecule has 0 radical (unpaired) electrons. The highest BCUT2D eigenvalue weighted by Crippen LogP contribution is 2.22. The molecule has 29 heavy (non-hydrogen) atoms. The number of hydrogen-bond acceptors (Lipinski definition) is 5. The number of nitrogens with one attached hydrogen (secondary N) is 1. The monoisotopic (exact) mass is 443 g/mol. The van der Waals surface area contributed by atoms with Gasteiger partial charge in [-0.25, -0.2) is 21.1 Å². The van der Waals surface area contributed by atoms with Gasteiger partial charge in [0.1, 0.15) is 0 Å². The molecule has 0 aromatic heterocycles. The molecule has 1 aromatic carbocycles. The minimum Gasteiger partial charge on any atom is -0.352 e. The van der Waals surface area contributed by atoms with E-state index in [1.165, 1.54) is 27.0 Å². The Labute approximate surface area is 173 Å². The first kappa shape index (κ1) is 22.2. The van der Waals surface area contributed by atoms with Crippen molar-refractivity contribution < 1.29 is 21.6 Å². The fraction of sp³-hybridized carbons (Fsp3) is 0.632. The fourth-order valence-corrected chi connectivity index (χ4v) is 6.27. The SMILES string of the molecule is CS(=O)(=O)N1CCC(CNC(=O)c2cccc(S(=O)(=O)N3CCCCC3)c2)CC1. The quantitative estimate of drug-likeness (QED) is 0.713. The summed E-state index contributed by atoms with van der Waals surface area (Å²) in [6, 6.07) is 6.17. The maximum absolute atomic E-state index is 12.8. The van der Waals surface area contributed by atoms with Gasteiger partial charge in [0, 0.05) is 38.3 Å². The predicted molar refractivity (Wildman–Crippen MR) is 111 cm³/mol. The largest absolute Gasteiger partial charge is 0.352 e. The van der Waals surface area contributed by atoms with E-state index in [0.717, 1.165) is 19.3 Å². The van der Waals surface area contributed by atoms with Crippen molar-refractivity contribution in [2.45, 2.75) is 37.0 Å². The number of nitrogens with zero attached hydrogens (tertiary/aromatic N) is 2. The van der Waals surface area contributed by atoms with Crippen LogP contribution in [-0.4, -0.2) is 70.3 Å². The highest BCUT2D eigenvalue weighted by Gasteiger charge is 2.27. The minimum atomic E-state index is -3.58. The van der Waals surface area contributed by atoms with Gasteiger partial charge < -0.3 is 5.32 Å². The second-order valence-electron chi connectivity index (χ2n) is 7.81. The average Bonchev–Trinajstić information content (AvgIpc) is 2.72. The van der Waals surface area contributed by atoms with Crippen LogP contribution in [0.25, 0.3) is 0 Å². The first-order valence-corrected chi connectivity index (χ1v) is 13.3. The van der Waals surface area contributed by atoms with Crippen LogP contribution in [-0.2, 0) is 20.0 Å². The Bertz CT molecular complexity index is 932. The number of piperidine rings is 2. The predicted octanol–water partition coefficient (Wildman–Crippen LogP) is 1.26. The number of carbonyl (C=O) groups is 1. The summed E-state index contributed by atoms with van der Waals surface area (Å²) >= 11 is 0. The van der Waals surface area contributed by atoms with Crippen LogP contribution in [0.3, 0.4) is 0 Å². The molecule has 10 heteroatoms. The zero-order chi connectivity index (χ0) is 21.1. The van der Waals surface area contributed by atoms with E-state index >= 15 is 0 Å². The van der Waals surface area contributed by atoms with Gasteiger partial charge in [-0.3, -0.25) is 4.79 Å². The second kappa shape index (κ2) is 9.11. The molecule has 1 amide bonds. The molecule has 1 aromatic rings. The van der Waals surface area contributed by atoms with E-state index in [9.17, 15) is 21.6 Å². The first-order chi connectivity index (χ1) is 13.7. The molecule has 2 fully saturated rings. The van der Waals surface area contributed by atoms with Gasteiger partial charge in [0.05, 0.1) is 11.2 Å². The molecule has 0 saturated carbocycles. The third kappa shape index (κ3) is 5.56. The van der Waals surface area contributed by atoms with E-state index in [-0.39, 0.29) is 16.7 Å². The Morgan fingerprint density at radius 1 is 1.00 bits per heavy atom. The lowest BCUT2D eigenvalue weighted by Gasteiger charge is -2.30. The van der Waals surface area contributed by atoms with Gasteiger partial charge >= 0.3 is 0 Å². The molecule has 0 spiro atoms. The molecule has 0 aliphatic carbocycles.